The maximum absolute atomic E-state index is 13.3. The standard InChI is InChI=1S/C22H26ClF2N7O2/c1-13-12-32(9-8-26-13)15-4-7-18(17(10-15)21-28-30-31-29-21)27-22(33)19(11-20(24)25)34-16-5-2-14(23)3-6-16/h2-7,10,13,19-20,22,26-27,33H,8-9,11-12H2,1H3,(H,28,29,30,31)/t13-,19-,22?/m0/s1. The van der Waals surface area contributed by atoms with Gasteiger partial charge in [0.25, 0.3) is 0 Å². The van der Waals surface area contributed by atoms with Crippen LogP contribution in [0.1, 0.15) is 13.3 Å². The van der Waals surface area contributed by atoms with E-state index in [1.807, 2.05) is 12.1 Å². The number of hydrogen-bond acceptors (Lipinski definition) is 8. The Labute approximate surface area is 200 Å². The topological polar surface area (TPSA) is 111 Å². The van der Waals surface area contributed by atoms with Crippen molar-refractivity contribution in [2.45, 2.75) is 38.1 Å². The normalized spacial score (nSPS) is 18.1. The Morgan fingerprint density at radius 1 is 1.26 bits per heavy atom. The fraction of sp³-hybridized carbons (Fsp3) is 0.409. The molecule has 12 heteroatoms. The molecule has 34 heavy (non-hydrogen) atoms. The van der Waals surface area contributed by atoms with Crippen LogP contribution >= 0.6 is 11.6 Å². The van der Waals surface area contributed by atoms with E-state index < -0.39 is 25.2 Å². The summed E-state index contributed by atoms with van der Waals surface area (Å²) in [6.07, 6.45) is -6.03. The second kappa shape index (κ2) is 10.9. The van der Waals surface area contributed by atoms with Crippen molar-refractivity contribution < 1.29 is 18.6 Å². The van der Waals surface area contributed by atoms with Crippen molar-refractivity contribution in [1.82, 2.24) is 25.9 Å². The van der Waals surface area contributed by atoms with Crippen LogP contribution < -0.4 is 20.3 Å². The SMILES string of the molecule is C[C@H]1CN(c2ccc(NC(O)[C@H](CC(F)F)Oc3ccc(Cl)cc3)c(-c3nn[nH]n3)c2)CCN1. The van der Waals surface area contributed by atoms with Crippen LogP contribution in [-0.2, 0) is 0 Å². The highest BCUT2D eigenvalue weighted by molar-refractivity contribution is 6.30. The number of aromatic amines is 1. The van der Waals surface area contributed by atoms with Gasteiger partial charge in [-0.05, 0) is 54.6 Å². The minimum atomic E-state index is -2.68. The van der Waals surface area contributed by atoms with E-state index >= 15 is 0 Å². The van der Waals surface area contributed by atoms with Crippen LogP contribution in [0, 0.1) is 0 Å². The summed E-state index contributed by atoms with van der Waals surface area (Å²) in [7, 11) is 0. The molecule has 3 atom stereocenters. The Morgan fingerprint density at radius 2 is 2.06 bits per heavy atom. The quantitative estimate of drug-likeness (QED) is 0.336. The number of anilines is 2. The summed E-state index contributed by atoms with van der Waals surface area (Å²) in [4.78, 5) is 2.23. The minimum absolute atomic E-state index is 0.309. The second-order valence-electron chi connectivity index (χ2n) is 8.09. The predicted molar refractivity (Wildman–Crippen MR) is 125 cm³/mol. The average molecular weight is 494 g/mol. The third-order valence-corrected chi connectivity index (χ3v) is 5.74. The van der Waals surface area contributed by atoms with Crippen molar-refractivity contribution in [2.75, 3.05) is 29.9 Å². The minimum Gasteiger partial charge on any atom is -0.486 e. The van der Waals surface area contributed by atoms with Crippen LogP contribution in [0.4, 0.5) is 20.2 Å². The maximum atomic E-state index is 13.3. The third-order valence-electron chi connectivity index (χ3n) is 5.49. The molecule has 3 aromatic rings. The van der Waals surface area contributed by atoms with Gasteiger partial charge >= 0.3 is 0 Å². The third kappa shape index (κ3) is 6.10. The summed E-state index contributed by atoms with van der Waals surface area (Å²) in [5.41, 5.74) is 1.98. The van der Waals surface area contributed by atoms with Crippen LogP contribution in [0.15, 0.2) is 42.5 Å². The van der Waals surface area contributed by atoms with Crippen LogP contribution in [0.25, 0.3) is 11.4 Å². The Hall–Kier alpha value is -3.02. The van der Waals surface area contributed by atoms with Crippen molar-refractivity contribution in [3.63, 3.8) is 0 Å². The van der Waals surface area contributed by atoms with E-state index in [1.54, 1.807) is 30.3 Å². The van der Waals surface area contributed by atoms with Gasteiger partial charge in [-0.3, -0.25) is 0 Å². The number of aliphatic hydroxyl groups is 1. The van der Waals surface area contributed by atoms with Crippen molar-refractivity contribution in [3.8, 4) is 17.1 Å². The first-order valence-electron chi connectivity index (χ1n) is 10.9. The number of halogens is 3. The fourth-order valence-electron chi connectivity index (χ4n) is 3.84. The Balaban J connectivity index is 1.58. The molecule has 1 unspecified atom stereocenters. The molecule has 0 saturated carbocycles. The smallest absolute Gasteiger partial charge is 0.242 e. The van der Waals surface area contributed by atoms with Gasteiger partial charge in [0.15, 0.2) is 6.23 Å². The van der Waals surface area contributed by atoms with Crippen molar-refractivity contribution in [2.24, 2.45) is 0 Å². The number of aliphatic hydroxyl groups excluding tert-OH is 1. The van der Waals surface area contributed by atoms with Gasteiger partial charge in [0.05, 0.1) is 0 Å². The van der Waals surface area contributed by atoms with Gasteiger partial charge in [-0.25, -0.2) is 8.78 Å². The summed E-state index contributed by atoms with van der Waals surface area (Å²) < 4.78 is 32.2. The van der Waals surface area contributed by atoms with Crippen LogP contribution in [0.3, 0.4) is 0 Å². The van der Waals surface area contributed by atoms with E-state index in [0.29, 0.717) is 33.9 Å². The number of hydrogen-bond donors (Lipinski definition) is 4. The highest BCUT2D eigenvalue weighted by atomic mass is 35.5. The number of ether oxygens (including phenoxy) is 1. The van der Waals surface area contributed by atoms with Crippen molar-refractivity contribution in [3.05, 3.63) is 47.5 Å². The molecule has 4 N–H and O–H groups in total. The predicted octanol–water partition coefficient (Wildman–Crippen LogP) is 3.15. The molecule has 0 bridgehead atoms. The first-order chi connectivity index (χ1) is 16.4. The number of alkyl halides is 2. The maximum Gasteiger partial charge on any atom is 0.242 e. The first kappa shape index (κ1) is 24.1. The number of nitrogens with one attached hydrogen (secondary N) is 3. The van der Waals surface area contributed by atoms with Gasteiger partial charge in [-0.2, -0.15) is 5.21 Å². The van der Waals surface area contributed by atoms with E-state index in [1.165, 1.54) is 0 Å². The van der Waals surface area contributed by atoms with Crippen LogP contribution in [-0.4, -0.2) is 70.2 Å². The van der Waals surface area contributed by atoms with Gasteiger partial charge in [0.2, 0.25) is 12.2 Å². The van der Waals surface area contributed by atoms with E-state index in [-0.39, 0.29) is 0 Å². The molecule has 0 radical (unpaired) electrons. The number of piperazine rings is 1. The molecule has 1 aliphatic heterocycles. The molecule has 1 aromatic heterocycles. The van der Waals surface area contributed by atoms with E-state index in [9.17, 15) is 13.9 Å². The van der Waals surface area contributed by atoms with Gasteiger partial charge in [0.1, 0.15) is 11.9 Å². The second-order valence-corrected chi connectivity index (χ2v) is 8.53. The molecule has 0 aliphatic carbocycles. The van der Waals surface area contributed by atoms with E-state index in [4.69, 9.17) is 16.3 Å². The molecule has 182 valence electrons. The molecular weight excluding hydrogens is 468 g/mol. The summed E-state index contributed by atoms with van der Waals surface area (Å²) in [5.74, 6) is 0.626. The van der Waals surface area contributed by atoms with Crippen LogP contribution in [0.5, 0.6) is 5.75 Å². The number of aromatic nitrogens is 4. The number of benzene rings is 2. The summed E-state index contributed by atoms with van der Waals surface area (Å²) >= 11 is 5.88. The number of rotatable bonds is 9. The van der Waals surface area contributed by atoms with Crippen molar-refractivity contribution in [1.29, 1.82) is 0 Å². The van der Waals surface area contributed by atoms with Gasteiger partial charge < -0.3 is 25.4 Å². The molecule has 0 spiro atoms. The Morgan fingerprint density at radius 3 is 2.74 bits per heavy atom. The fourth-order valence-corrected chi connectivity index (χ4v) is 3.97. The zero-order valence-electron chi connectivity index (χ0n) is 18.5. The van der Waals surface area contributed by atoms with Gasteiger partial charge in [-0.15, -0.1) is 10.2 Å². The molecule has 2 aromatic carbocycles. The summed E-state index contributed by atoms with van der Waals surface area (Å²) in [5, 5.41) is 31.8. The highest BCUT2D eigenvalue weighted by Gasteiger charge is 2.27. The lowest BCUT2D eigenvalue weighted by molar-refractivity contribution is 0.00644. The molecule has 4 rings (SSSR count). The summed E-state index contributed by atoms with van der Waals surface area (Å²) in [6.45, 7) is 4.63. The average Bonchev–Trinajstić information content (AvgIpc) is 3.35. The lowest BCUT2D eigenvalue weighted by Crippen LogP contribution is -2.49. The van der Waals surface area contributed by atoms with Gasteiger partial charge in [-0.1, -0.05) is 11.6 Å². The molecule has 2 heterocycles. The van der Waals surface area contributed by atoms with Crippen LogP contribution in [0.2, 0.25) is 5.02 Å². The number of nitrogens with zero attached hydrogens (tertiary/aromatic N) is 4. The highest BCUT2D eigenvalue weighted by Crippen LogP contribution is 2.31. The first-order valence-corrected chi connectivity index (χ1v) is 11.3. The molecule has 0 amide bonds. The molecule has 1 saturated heterocycles. The zero-order chi connectivity index (χ0) is 24.1. The molecule has 1 fully saturated rings. The molecule has 1 aliphatic rings. The Kier molecular flexibility index (Phi) is 7.76. The summed E-state index contributed by atoms with van der Waals surface area (Å²) in [6, 6.07) is 12.2. The number of tetrazole rings is 1. The van der Waals surface area contributed by atoms with E-state index in [2.05, 4.69) is 43.1 Å². The van der Waals surface area contributed by atoms with Crippen molar-refractivity contribution >= 4 is 23.0 Å². The molecule has 9 nitrogen and oxygen atoms in total. The monoisotopic (exact) mass is 493 g/mol. The molecular formula is C22H26ClF2N7O2. The number of H-pyrrole nitrogens is 1. The van der Waals surface area contributed by atoms with E-state index in [0.717, 1.165) is 25.3 Å². The Bertz CT molecular complexity index is 1060. The zero-order valence-corrected chi connectivity index (χ0v) is 19.2. The lowest BCUT2D eigenvalue weighted by Gasteiger charge is -2.34. The van der Waals surface area contributed by atoms with Gasteiger partial charge in [0, 0.05) is 54.1 Å². The lowest BCUT2D eigenvalue weighted by atomic mass is 10.1. The largest absolute Gasteiger partial charge is 0.486 e.